The van der Waals surface area contributed by atoms with Gasteiger partial charge < -0.3 is 5.73 Å². The predicted octanol–water partition coefficient (Wildman–Crippen LogP) is 6.82. The van der Waals surface area contributed by atoms with Crippen molar-refractivity contribution in [1.82, 2.24) is 19.9 Å². The smallest absolute Gasteiger partial charge is 0.388 e. The number of nitrogens with two attached hydrogens (primary N) is 1. The van der Waals surface area contributed by atoms with Crippen LogP contribution in [0.25, 0.3) is 22.5 Å². The van der Waals surface area contributed by atoms with Crippen LogP contribution >= 0.6 is 0 Å². The van der Waals surface area contributed by atoms with Crippen LogP contribution in [0.3, 0.4) is 0 Å². The van der Waals surface area contributed by atoms with E-state index in [1.165, 1.54) is 6.92 Å². The van der Waals surface area contributed by atoms with Crippen LogP contribution in [0.15, 0.2) is 85.5 Å². The molecule has 0 atom stereocenters. The molecule has 194 valence electrons. The first-order valence-electron chi connectivity index (χ1n) is 11.9. The Morgan fingerprint density at radius 2 is 0.919 bits per heavy atom. The Morgan fingerprint density at radius 1 is 0.622 bits per heavy atom. The van der Waals surface area contributed by atoms with Crippen LogP contribution < -0.4 is 5.73 Å². The van der Waals surface area contributed by atoms with Crippen LogP contribution in [-0.2, 0) is 30.9 Å². The van der Waals surface area contributed by atoms with E-state index in [9.17, 15) is 0 Å². The van der Waals surface area contributed by atoms with Crippen LogP contribution in [0.2, 0.25) is 0 Å². The molecule has 2 heterocycles. The van der Waals surface area contributed by atoms with Crippen molar-refractivity contribution in [2.75, 3.05) is 0 Å². The molecule has 2 aromatic heterocycles. The largest absolute Gasteiger partial charge is 3.00 e. The number of hydrogen-bond acceptors (Lipinski definition) is 5. The van der Waals surface area contributed by atoms with Crippen molar-refractivity contribution in [3.05, 3.63) is 96.8 Å². The monoisotopic (exact) mass is 675 g/mol. The van der Waals surface area contributed by atoms with E-state index in [-0.39, 0.29) is 36.8 Å². The molecule has 0 aliphatic heterocycles. The minimum absolute atomic E-state index is 0. The van der Waals surface area contributed by atoms with E-state index in [4.69, 9.17) is 11.1 Å². The van der Waals surface area contributed by atoms with E-state index in [2.05, 4.69) is 97.9 Å². The summed E-state index contributed by atoms with van der Waals surface area (Å²) in [6.45, 7) is 14.5. The quantitative estimate of drug-likeness (QED) is 0.180. The topological polar surface area (TPSA) is 101 Å². The van der Waals surface area contributed by atoms with Crippen molar-refractivity contribution < 1.29 is 20.1 Å². The summed E-state index contributed by atoms with van der Waals surface area (Å²) in [4.78, 5) is 17.3. The number of nitrogens with zero attached hydrogens (tertiary/aromatic N) is 4. The molecule has 0 saturated carbocycles. The zero-order valence-electron chi connectivity index (χ0n) is 22.8. The number of aromatic nitrogens is 4. The second kappa shape index (κ2) is 14.5. The zero-order chi connectivity index (χ0) is 26.8. The van der Waals surface area contributed by atoms with Gasteiger partial charge in [0.15, 0.2) is 0 Å². The first-order chi connectivity index (χ1) is 16.9. The van der Waals surface area contributed by atoms with Crippen molar-refractivity contribution in [3.63, 3.8) is 0 Å². The summed E-state index contributed by atoms with van der Waals surface area (Å²) in [7, 11) is 0. The molecule has 6 nitrogen and oxygen atoms in total. The minimum Gasteiger partial charge on any atom is -0.388 e. The van der Waals surface area contributed by atoms with Gasteiger partial charge in [-0.3, -0.25) is 5.41 Å². The van der Waals surface area contributed by atoms with E-state index < -0.39 is 0 Å². The van der Waals surface area contributed by atoms with Crippen molar-refractivity contribution in [2.24, 2.45) is 5.73 Å². The molecule has 0 aliphatic rings. The third-order valence-corrected chi connectivity index (χ3v) is 5.01. The second-order valence-electron chi connectivity index (χ2n) is 10.5. The van der Waals surface area contributed by atoms with E-state index in [1.807, 2.05) is 36.4 Å². The molecular weight excluding hydrogens is 637 g/mol. The Bertz CT molecular complexity index is 1130. The van der Waals surface area contributed by atoms with Gasteiger partial charge in [-0.1, -0.05) is 102 Å². The van der Waals surface area contributed by atoms with Gasteiger partial charge >= 0.3 is 20.1 Å². The van der Waals surface area contributed by atoms with Gasteiger partial charge in [-0.25, -0.2) is 19.9 Å². The maximum atomic E-state index is 6.28. The van der Waals surface area contributed by atoms with Crippen LogP contribution in [0, 0.1) is 5.41 Å². The van der Waals surface area contributed by atoms with Crippen molar-refractivity contribution in [1.29, 1.82) is 5.41 Å². The average Bonchev–Trinajstić information content (AvgIpc) is 2.84. The molecule has 0 saturated heterocycles. The molecule has 0 fully saturated rings. The Hall–Kier alpha value is -3.28. The minimum atomic E-state index is 0. The second-order valence-corrected chi connectivity index (χ2v) is 10.5. The molecule has 0 unspecified atom stereocenters. The molecule has 0 spiro atoms. The van der Waals surface area contributed by atoms with E-state index in [0.717, 1.165) is 33.9 Å². The van der Waals surface area contributed by atoms with Crippen LogP contribution in [0.1, 0.15) is 59.9 Å². The molecule has 3 N–H and O–H groups in total. The normalized spacial score (nSPS) is 10.6. The standard InChI is InChI=1S/2C14H16N2.C2H6N2.Ir/c2*1-14(2,3)13-9-12(15-10-16-13)11-7-5-4-6-8-11;1-2(3)4;/h2*4-10H,1-3H3;1H3,(H3,3,4);/q;;;+3. The number of amidine groups is 1. The fourth-order valence-corrected chi connectivity index (χ4v) is 3.07. The molecule has 37 heavy (non-hydrogen) atoms. The molecule has 0 amide bonds. The fourth-order valence-electron chi connectivity index (χ4n) is 3.07. The number of nitrogens with one attached hydrogen (secondary N) is 1. The van der Waals surface area contributed by atoms with Crippen LogP contribution in [0.5, 0.6) is 0 Å². The maximum Gasteiger partial charge on any atom is 3.00 e. The van der Waals surface area contributed by atoms with Gasteiger partial charge in [0.2, 0.25) is 0 Å². The van der Waals surface area contributed by atoms with Crippen molar-refractivity contribution in [2.45, 2.75) is 59.3 Å². The molecule has 0 aliphatic carbocycles. The zero-order valence-corrected chi connectivity index (χ0v) is 25.2. The third-order valence-electron chi connectivity index (χ3n) is 5.01. The van der Waals surface area contributed by atoms with Crippen molar-refractivity contribution >= 4 is 5.84 Å². The fraction of sp³-hybridized carbons (Fsp3) is 0.300. The van der Waals surface area contributed by atoms with Gasteiger partial charge in [0.1, 0.15) is 12.7 Å². The van der Waals surface area contributed by atoms with Crippen LogP contribution in [-0.4, -0.2) is 25.8 Å². The summed E-state index contributed by atoms with van der Waals surface area (Å²) >= 11 is 0. The predicted molar refractivity (Wildman–Crippen MR) is 150 cm³/mol. The van der Waals surface area contributed by atoms with Crippen molar-refractivity contribution in [3.8, 4) is 22.5 Å². The summed E-state index contributed by atoms with van der Waals surface area (Å²) in [5, 5.41) is 6.28. The Balaban J connectivity index is 0.000000316. The summed E-state index contributed by atoms with van der Waals surface area (Å²) < 4.78 is 0. The maximum absolute atomic E-state index is 6.28. The molecule has 0 radical (unpaired) electrons. The number of benzene rings is 2. The Morgan fingerprint density at radius 3 is 1.19 bits per heavy atom. The Kier molecular flexibility index (Phi) is 12.4. The van der Waals surface area contributed by atoms with Gasteiger partial charge in [0.05, 0.1) is 17.2 Å². The average molecular weight is 675 g/mol. The summed E-state index contributed by atoms with van der Waals surface area (Å²) in [5.41, 5.74) is 11.2. The van der Waals surface area contributed by atoms with Gasteiger partial charge in [-0.2, -0.15) is 0 Å². The van der Waals surface area contributed by atoms with E-state index >= 15 is 0 Å². The number of rotatable bonds is 2. The van der Waals surface area contributed by atoms with Gasteiger partial charge in [-0.15, -0.1) is 0 Å². The molecule has 0 bridgehead atoms. The molecule has 7 heteroatoms. The van der Waals surface area contributed by atoms with E-state index in [0.29, 0.717) is 0 Å². The van der Waals surface area contributed by atoms with Gasteiger partial charge in [-0.05, 0) is 19.1 Å². The summed E-state index contributed by atoms with van der Waals surface area (Å²) in [5.74, 6) is 0.167. The Labute approximate surface area is 235 Å². The van der Waals surface area contributed by atoms with Gasteiger partial charge in [0, 0.05) is 33.3 Å². The van der Waals surface area contributed by atoms with Gasteiger partial charge in [0.25, 0.3) is 0 Å². The van der Waals surface area contributed by atoms with Crippen LogP contribution in [0.4, 0.5) is 0 Å². The first kappa shape index (κ1) is 31.7. The van der Waals surface area contributed by atoms with E-state index in [1.54, 1.807) is 12.7 Å². The third kappa shape index (κ3) is 11.1. The molecule has 2 aromatic carbocycles. The number of hydrogen-bond donors (Lipinski definition) is 2. The summed E-state index contributed by atoms with van der Waals surface area (Å²) in [6.07, 6.45) is 3.28. The SMILES string of the molecule is CC(=N)N.CC(C)(C)c1cc(-c2ccccc2)ncn1.CC(C)(C)c1cc(-c2ccccc2)ncn1.[Ir+3]. The molecular formula is C30H38IrN6+3. The molecule has 4 aromatic rings. The molecule has 4 rings (SSSR count). The first-order valence-corrected chi connectivity index (χ1v) is 11.9. The summed E-state index contributed by atoms with van der Waals surface area (Å²) in [6, 6.07) is 24.5.